The Hall–Kier alpha value is -0.310. The van der Waals surface area contributed by atoms with Crippen LogP contribution in [0.25, 0.3) is 0 Å². The Morgan fingerprint density at radius 1 is 1.55 bits per heavy atom. The maximum Gasteiger partial charge on any atom is 0.306 e. The van der Waals surface area contributed by atoms with Crippen LogP contribution in [0.1, 0.15) is 19.8 Å². The zero-order valence-corrected chi connectivity index (χ0v) is 8.26. The zero-order valence-electron chi connectivity index (χ0n) is 6.68. The summed E-state index contributed by atoms with van der Waals surface area (Å²) in [5.41, 5.74) is 0. The van der Waals surface area contributed by atoms with Gasteiger partial charge < -0.3 is 4.74 Å². The molecule has 0 radical (unpaired) electrons. The Morgan fingerprint density at radius 2 is 2.27 bits per heavy atom. The molecule has 0 heterocycles. The topological polar surface area (TPSA) is 26.3 Å². The largest absolute Gasteiger partial charge is 0.466 e. The zero-order chi connectivity index (χ0) is 8.53. The molecule has 0 rings (SSSR count). The summed E-state index contributed by atoms with van der Waals surface area (Å²) in [4.78, 5) is 10.7. The van der Waals surface area contributed by atoms with Gasteiger partial charge >= 0.3 is 5.97 Å². The molecule has 64 valence electrons. The van der Waals surface area contributed by atoms with Crippen molar-refractivity contribution in [1.29, 1.82) is 0 Å². The highest BCUT2D eigenvalue weighted by atomic mass is 79.9. The van der Waals surface area contributed by atoms with E-state index in [4.69, 9.17) is 4.74 Å². The molecule has 0 aliphatic rings. The van der Waals surface area contributed by atoms with Crippen LogP contribution in [0.5, 0.6) is 0 Å². The fraction of sp³-hybridized carbons (Fsp3) is 0.625. The maximum atomic E-state index is 10.7. The smallest absolute Gasteiger partial charge is 0.306 e. The van der Waals surface area contributed by atoms with E-state index in [0.717, 1.165) is 11.8 Å². The minimum atomic E-state index is -0.119. The van der Waals surface area contributed by atoms with Gasteiger partial charge in [-0.2, -0.15) is 0 Å². The Labute approximate surface area is 75.7 Å². The molecule has 0 aromatic carbocycles. The molecule has 0 aliphatic heterocycles. The first kappa shape index (κ1) is 10.7. The highest BCUT2D eigenvalue weighted by Crippen LogP contribution is 1.94. The predicted octanol–water partition coefficient (Wildman–Crippen LogP) is 2.28. The van der Waals surface area contributed by atoms with Crippen LogP contribution in [0.15, 0.2) is 12.2 Å². The number of halogens is 1. The van der Waals surface area contributed by atoms with E-state index in [1.54, 1.807) is 0 Å². The minimum absolute atomic E-state index is 0.119. The van der Waals surface area contributed by atoms with E-state index in [1.165, 1.54) is 0 Å². The van der Waals surface area contributed by atoms with Crippen molar-refractivity contribution in [3.63, 3.8) is 0 Å². The first-order chi connectivity index (χ1) is 5.31. The number of alkyl halides is 1. The minimum Gasteiger partial charge on any atom is -0.466 e. The van der Waals surface area contributed by atoms with Crippen LogP contribution >= 0.6 is 15.9 Å². The number of hydrogen-bond donors (Lipinski definition) is 0. The summed E-state index contributed by atoms with van der Waals surface area (Å²) >= 11 is 3.24. The van der Waals surface area contributed by atoms with Gasteiger partial charge in [-0.05, 0) is 13.3 Å². The molecule has 3 heteroatoms. The van der Waals surface area contributed by atoms with Crippen LogP contribution in [-0.2, 0) is 9.53 Å². The van der Waals surface area contributed by atoms with Crippen molar-refractivity contribution in [2.45, 2.75) is 19.8 Å². The SMILES string of the molecule is CCOC(=O)CC/C=C/CBr. The van der Waals surface area contributed by atoms with Gasteiger partial charge in [0.15, 0.2) is 0 Å². The Balaban J connectivity index is 3.24. The van der Waals surface area contributed by atoms with Crippen molar-refractivity contribution in [2.75, 3.05) is 11.9 Å². The van der Waals surface area contributed by atoms with Gasteiger partial charge in [-0.15, -0.1) is 0 Å². The quantitative estimate of drug-likeness (QED) is 0.404. The Morgan fingerprint density at radius 3 is 2.82 bits per heavy atom. The molecule has 0 fully saturated rings. The summed E-state index contributed by atoms with van der Waals surface area (Å²) in [5.74, 6) is -0.119. The van der Waals surface area contributed by atoms with Crippen LogP contribution in [0.4, 0.5) is 0 Å². The van der Waals surface area contributed by atoms with Crippen molar-refractivity contribution >= 4 is 21.9 Å². The van der Waals surface area contributed by atoms with Gasteiger partial charge in [-0.1, -0.05) is 28.1 Å². The van der Waals surface area contributed by atoms with Gasteiger partial charge in [0.1, 0.15) is 0 Å². The summed E-state index contributed by atoms with van der Waals surface area (Å²) in [5, 5.41) is 0.843. The normalized spacial score (nSPS) is 10.4. The van der Waals surface area contributed by atoms with Crippen molar-refractivity contribution < 1.29 is 9.53 Å². The average molecular weight is 221 g/mol. The van der Waals surface area contributed by atoms with Crippen LogP contribution in [0.3, 0.4) is 0 Å². The summed E-state index contributed by atoms with van der Waals surface area (Å²) in [6, 6.07) is 0. The Kier molecular flexibility index (Phi) is 7.57. The Bertz CT molecular complexity index is 132. The number of ether oxygens (including phenoxy) is 1. The number of carbonyl (C=O) groups is 1. The van der Waals surface area contributed by atoms with Crippen molar-refractivity contribution in [2.24, 2.45) is 0 Å². The van der Waals surface area contributed by atoms with Gasteiger partial charge in [0.25, 0.3) is 0 Å². The number of rotatable bonds is 5. The van der Waals surface area contributed by atoms with Crippen molar-refractivity contribution in [1.82, 2.24) is 0 Å². The molecule has 0 N–H and O–H groups in total. The predicted molar refractivity (Wildman–Crippen MR) is 48.8 cm³/mol. The molecule has 0 unspecified atom stereocenters. The summed E-state index contributed by atoms with van der Waals surface area (Å²) in [6.07, 6.45) is 5.19. The van der Waals surface area contributed by atoms with Gasteiger partial charge in [-0.3, -0.25) is 4.79 Å². The van der Waals surface area contributed by atoms with E-state index < -0.39 is 0 Å². The average Bonchev–Trinajstić information content (AvgIpc) is 1.99. The van der Waals surface area contributed by atoms with E-state index in [1.807, 2.05) is 19.1 Å². The fourth-order valence-corrected chi connectivity index (χ4v) is 0.880. The van der Waals surface area contributed by atoms with E-state index in [0.29, 0.717) is 13.0 Å². The second kappa shape index (κ2) is 7.79. The van der Waals surface area contributed by atoms with E-state index in [9.17, 15) is 4.79 Å². The third-order valence-corrected chi connectivity index (χ3v) is 1.45. The molecular formula is C8H13BrO2. The van der Waals surface area contributed by atoms with Gasteiger partial charge in [0.05, 0.1) is 6.61 Å². The summed E-state index contributed by atoms with van der Waals surface area (Å²) in [6.45, 7) is 2.28. The number of esters is 1. The first-order valence-electron chi connectivity index (χ1n) is 3.67. The third-order valence-electron chi connectivity index (χ3n) is 1.08. The molecule has 0 aromatic heterocycles. The lowest BCUT2D eigenvalue weighted by molar-refractivity contribution is -0.142. The summed E-state index contributed by atoms with van der Waals surface area (Å²) in [7, 11) is 0. The lowest BCUT2D eigenvalue weighted by Gasteiger charge is -1.97. The van der Waals surface area contributed by atoms with Crippen molar-refractivity contribution in [3.8, 4) is 0 Å². The molecule has 0 atom stereocenters. The van der Waals surface area contributed by atoms with Crippen molar-refractivity contribution in [3.05, 3.63) is 12.2 Å². The number of carbonyl (C=O) groups excluding carboxylic acids is 1. The fourth-order valence-electron chi connectivity index (χ4n) is 0.615. The highest BCUT2D eigenvalue weighted by molar-refractivity contribution is 9.09. The van der Waals surface area contributed by atoms with Crippen LogP contribution in [-0.4, -0.2) is 17.9 Å². The monoisotopic (exact) mass is 220 g/mol. The molecular weight excluding hydrogens is 208 g/mol. The maximum absolute atomic E-state index is 10.7. The second-order valence-corrected chi connectivity index (χ2v) is 2.62. The molecule has 0 aliphatic carbocycles. The molecule has 0 saturated carbocycles. The lowest BCUT2D eigenvalue weighted by atomic mass is 10.3. The van der Waals surface area contributed by atoms with Crippen LogP contribution < -0.4 is 0 Å². The second-order valence-electron chi connectivity index (χ2n) is 1.97. The van der Waals surface area contributed by atoms with Crippen LogP contribution in [0, 0.1) is 0 Å². The van der Waals surface area contributed by atoms with Gasteiger partial charge in [0.2, 0.25) is 0 Å². The molecule has 0 spiro atoms. The number of allylic oxidation sites excluding steroid dienone is 2. The lowest BCUT2D eigenvalue weighted by Crippen LogP contribution is -2.02. The molecule has 0 amide bonds. The standard InChI is InChI=1S/C8H13BrO2/c1-2-11-8(10)6-4-3-5-7-9/h3,5H,2,4,6-7H2,1H3/b5-3+. The molecule has 2 nitrogen and oxygen atoms in total. The summed E-state index contributed by atoms with van der Waals surface area (Å²) < 4.78 is 4.74. The van der Waals surface area contributed by atoms with Gasteiger partial charge in [-0.25, -0.2) is 0 Å². The number of hydrogen-bond acceptors (Lipinski definition) is 2. The third kappa shape index (κ3) is 7.59. The highest BCUT2D eigenvalue weighted by Gasteiger charge is 1.97. The van der Waals surface area contributed by atoms with Gasteiger partial charge in [0, 0.05) is 11.8 Å². The molecule has 11 heavy (non-hydrogen) atoms. The first-order valence-corrected chi connectivity index (χ1v) is 4.80. The molecule has 0 aromatic rings. The molecule has 0 saturated heterocycles. The molecule has 0 bridgehead atoms. The van der Waals surface area contributed by atoms with Crippen LogP contribution in [0.2, 0.25) is 0 Å². The van der Waals surface area contributed by atoms with E-state index in [-0.39, 0.29) is 5.97 Å². The van der Waals surface area contributed by atoms with E-state index in [2.05, 4.69) is 15.9 Å². The van der Waals surface area contributed by atoms with E-state index >= 15 is 0 Å².